The molecule has 0 bridgehead atoms. The molecule has 9 heteroatoms. The van der Waals surface area contributed by atoms with E-state index < -0.39 is 4.92 Å². The maximum atomic E-state index is 13.0. The van der Waals surface area contributed by atoms with Gasteiger partial charge in [-0.3, -0.25) is 14.9 Å². The number of aryl methyl sites for hydroxylation is 1. The molecular formula is C26H24N4O4S. The minimum absolute atomic E-state index is 0.0156. The summed E-state index contributed by atoms with van der Waals surface area (Å²) >= 11 is 1.53. The Morgan fingerprint density at radius 1 is 1.03 bits per heavy atom. The van der Waals surface area contributed by atoms with Crippen LogP contribution in [0.2, 0.25) is 0 Å². The standard InChI is InChI=1S/C26H24N4O4S/c1-18-2-11-24-23(16-18)27-26(34-24)35-17-19-3-5-20(6-4-19)25(31)29-14-12-28(13-15-29)21-7-9-22(10-8-21)30(32)33/h2-11,16H,12-15,17H2,1H3. The molecule has 1 aliphatic heterocycles. The molecule has 0 radical (unpaired) electrons. The van der Waals surface area contributed by atoms with Gasteiger partial charge >= 0.3 is 0 Å². The molecule has 35 heavy (non-hydrogen) atoms. The van der Waals surface area contributed by atoms with Crippen molar-refractivity contribution in [3.05, 3.63) is 93.5 Å². The Kier molecular flexibility index (Phi) is 6.41. The van der Waals surface area contributed by atoms with Gasteiger partial charge in [-0.1, -0.05) is 30.0 Å². The summed E-state index contributed by atoms with van der Waals surface area (Å²) in [6.07, 6.45) is 0. The SMILES string of the molecule is Cc1ccc2oc(SCc3ccc(C(=O)N4CCN(c5ccc([N+](=O)[O-])cc5)CC4)cc3)nc2c1. The van der Waals surface area contributed by atoms with Gasteiger partial charge < -0.3 is 14.2 Å². The summed E-state index contributed by atoms with van der Waals surface area (Å²) < 4.78 is 5.80. The van der Waals surface area contributed by atoms with Crippen molar-refractivity contribution in [2.45, 2.75) is 17.9 Å². The quantitative estimate of drug-likeness (QED) is 0.207. The van der Waals surface area contributed by atoms with Gasteiger partial charge in [0.1, 0.15) is 5.52 Å². The summed E-state index contributed by atoms with van der Waals surface area (Å²) in [5.41, 5.74) is 5.56. The van der Waals surface area contributed by atoms with Gasteiger partial charge in [0.05, 0.1) is 4.92 Å². The Morgan fingerprint density at radius 3 is 2.43 bits per heavy atom. The van der Waals surface area contributed by atoms with Crippen molar-refractivity contribution >= 4 is 40.1 Å². The number of aromatic nitrogens is 1. The minimum Gasteiger partial charge on any atom is -0.431 e. The van der Waals surface area contributed by atoms with Crippen LogP contribution in [-0.4, -0.2) is 46.9 Å². The van der Waals surface area contributed by atoms with E-state index in [1.807, 2.05) is 54.3 Å². The summed E-state index contributed by atoms with van der Waals surface area (Å²) in [5, 5.41) is 11.5. The number of piperazine rings is 1. The van der Waals surface area contributed by atoms with E-state index >= 15 is 0 Å². The van der Waals surface area contributed by atoms with Crippen LogP contribution in [0.4, 0.5) is 11.4 Å². The Bertz CT molecular complexity index is 1360. The lowest BCUT2D eigenvalue weighted by molar-refractivity contribution is -0.384. The predicted molar refractivity (Wildman–Crippen MR) is 136 cm³/mol. The molecule has 5 rings (SSSR count). The molecule has 1 aliphatic rings. The van der Waals surface area contributed by atoms with Gasteiger partial charge in [0.25, 0.3) is 16.8 Å². The number of oxazole rings is 1. The van der Waals surface area contributed by atoms with Crippen LogP contribution >= 0.6 is 11.8 Å². The van der Waals surface area contributed by atoms with Crippen molar-refractivity contribution in [1.29, 1.82) is 0 Å². The van der Waals surface area contributed by atoms with E-state index in [1.165, 1.54) is 23.9 Å². The Labute approximate surface area is 206 Å². The maximum Gasteiger partial charge on any atom is 0.269 e. The number of carbonyl (C=O) groups is 1. The van der Waals surface area contributed by atoms with Crippen LogP contribution in [0.5, 0.6) is 0 Å². The summed E-state index contributed by atoms with van der Waals surface area (Å²) in [6.45, 7) is 4.60. The first-order valence-electron chi connectivity index (χ1n) is 11.3. The fourth-order valence-corrected chi connectivity index (χ4v) is 4.90. The molecule has 1 amide bonds. The topological polar surface area (TPSA) is 92.7 Å². The molecule has 2 heterocycles. The molecule has 0 unspecified atom stereocenters. The highest BCUT2D eigenvalue weighted by Gasteiger charge is 2.22. The number of rotatable bonds is 6. The maximum absolute atomic E-state index is 13.0. The number of anilines is 1. The van der Waals surface area contributed by atoms with Crippen molar-refractivity contribution in [2.24, 2.45) is 0 Å². The second-order valence-electron chi connectivity index (χ2n) is 8.49. The molecule has 178 valence electrons. The first-order valence-corrected chi connectivity index (χ1v) is 12.3. The van der Waals surface area contributed by atoms with Crippen molar-refractivity contribution < 1.29 is 14.1 Å². The van der Waals surface area contributed by atoms with E-state index in [0.717, 1.165) is 27.9 Å². The van der Waals surface area contributed by atoms with Crippen LogP contribution in [0.1, 0.15) is 21.5 Å². The van der Waals surface area contributed by atoms with E-state index in [-0.39, 0.29) is 11.6 Å². The third-order valence-corrected chi connectivity index (χ3v) is 6.98. The normalized spacial score (nSPS) is 13.9. The second kappa shape index (κ2) is 9.79. The van der Waals surface area contributed by atoms with Crippen molar-refractivity contribution in [3.8, 4) is 0 Å². The van der Waals surface area contributed by atoms with E-state index in [4.69, 9.17) is 4.42 Å². The van der Waals surface area contributed by atoms with Crippen LogP contribution in [-0.2, 0) is 5.75 Å². The summed E-state index contributed by atoms with van der Waals surface area (Å²) in [4.78, 5) is 32.0. The van der Waals surface area contributed by atoms with Gasteiger partial charge in [-0.25, -0.2) is 4.98 Å². The van der Waals surface area contributed by atoms with E-state index in [0.29, 0.717) is 42.7 Å². The largest absolute Gasteiger partial charge is 0.431 e. The summed E-state index contributed by atoms with van der Waals surface area (Å²) in [7, 11) is 0. The number of nitro benzene ring substituents is 1. The molecule has 1 saturated heterocycles. The zero-order valence-electron chi connectivity index (χ0n) is 19.2. The molecule has 0 atom stereocenters. The fraction of sp³-hybridized carbons (Fsp3) is 0.231. The Morgan fingerprint density at radius 2 is 1.74 bits per heavy atom. The summed E-state index contributed by atoms with van der Waals surface area (Å²) in [5.74, 6) is 0.718. The molecule has 1 fully saturated rings. The van der Waals surface area contributed by atoms with Crippen LogP contribution in [0.3, 0.4) is 0 Å². The van der Waals surface area contributed by atoms with Crippen LogP contribution in [0.15, 0.2) is 76.4 Å². The smallest absolute Gasteiger partial charge is 0.269 e. The lowest BCUT2D eigenvalue weighted by Gasteiger charge is -2.36. The first kappa shape index (κ1) is 22.9. The number of fused-ring (bicyclic) bond motifs is 1. The molecular weight excluding hydrogens is 464 g/mol. The van der Waals surface area contributed by atoms with Gasteiger partial charge in [0.2, 0.25) is 0 Å². The van der Waals surface area contributed by atoms with Gasteiger partial charge in [0.15, 0.2) is 5.58 Å². The number of nitrogens with zero attached hydrogens (tertiary/aromatic N) is 4. The zero-order valence-corrected chi connectivity index (χ0v) is 20.0. The third kappa shape index (κ3) is 5.14. The van der Waals surface area contributed by atoms with Crippen LogP contribution in [0.25, 0.3) is 11.1 Å². The molecule has 0 spiro atoms. The van der Waals surface area contributed by atoms with E-state index in [9.17, 15) is 14.9 Å². The van der Waals surface area contributed by atoms with Gasteiger partial charge in [-0.15, -0.1) is 0 Å². The molecule has 3 aromatic carbocycles. The molecule has 4 aromatic rings. The minimum atomic E-state index is -0.402. The molecule has 0 N–H and O–H groups in total. The van der Waals surface area contributed by atoms with Gasteiger partial charge in [-0.05, 0) is 54.4 Å². The zero-order chi connectivity index (χ0) is 24.4. The Balaban J connectivity index is 1.15. The molecule has 8 nitrogen and oxygen atoms in total. The number of hydrogen-bond donors (Lipinski definition) is 0. The lowest BCUT2D eigenvalue weighted by Crippen LogP contribution is -2.48. The van der Waals surface area contributed by atoms with Gasteiger partial charge in [-0.2, -0.15) is 0 Å². The van der Waals surface area contributed by atoms with E-state index in [2.05, 4.69) is 9.88 Å². The van der Waals surface area contributed by atoms with E-state index in [1.54, 1.807) is 12.1 Å². The molecule has 0 aliphatic carbocycles. The number of nitro groups is 1. The average molecular weight is 489 g/mol. The lowest BCUT2D eigenvalue weighted by atomic mass is 10.1. The Hall–Kier alpha value is -3.85. The number of amides is 1. The molecule has 1 aromatic heterocycles. The number of thioether (sulfide) groups is 1. The van der Waals surface area contributed by atoms with Crippen LogP contribution < -0.4 is 4.90 Å². The number of benzene rings is 3. The first-order chi connectivity index (χ1) is 17.0. The number of carbonyl (C=O) groups excluding carboxylic acids is 1. The molecule has 0 saturated carbocycles. The highest BCUT2D eigenvalue weighted by atomic mass is 32.2. The average Bonchev–Trinajstić information content (AvgIpc) is 3.29. The fourth-order valence-electron chi connectivity index (χ4n) is 4.10. The summed E-state index contributed by atoms with van der Waals surface area (Å²) in [6, 6.07) is 20.2. The van der Waals surface area contributed by atoms with Gasteiger partial charge in [0, 0.05) is 55.3 Å². The van der Waals surface area contributed by atoms with Crippen molar-refractivity contribution in [3.63, 3.8) is 0 Å². The van der Waals surface area contributed by atoms with Crippen molar-refractivity contribution in [1.82, 2.24) is 9.88 Å². The predicted octanol–water partition coefficient (Wildman–Crippen LogP) is 5.30. The number of hydrogen-bond acceptors (Lipinski definition) is 7. The highest BCUT2D eigenvalue weighted by Crippen LogP contribution is 2.27. The van der Waals surface area contributed by atoms with Crippen molar-refractivity contribution in [2.75, 3.05) is 31.1 Å². The third-order valence-electron chi connectivity index (χ3n) is 6.08. The monoisotopic (exact) mass is 488 g/mol. The van der Waals surface area contributed by atoms with Crippen LogP contribution in [0, 0.1) is 17.0 Å². The number of non-ortho nitro benzene ring substituents is 1. The second-order valence-corrected chi connectivity index (χ2v) is 9.42. The highest BCUT2D eigenvalue weighted by molar-refractivity contribution is 7.98.